The molecule has 0 fully saturated rings. The molecule has 0 radical (unpaired) electrons. The molecule has 1 aromatic heterocycles. The number of nitrogens with zero attached hydrogens (tertiary/aromatic N) is 2. The van der Waals surface area contributed by atoms with E-state index in [9.17, 15) is 22.4 Å². The van der Waals surface area contributed by atoms with E-state index >= 15 is 0 Å². The first-order chi connectivity index (χ1) is 11.8. The zero-order chi connectivity index (χ0) is 18.3. The normalized spacial score (nSPS) is 12.8. The van der Waals surface area contributed by atoms with Gasteiger partial charge in [0.25, 0.3) is 12.0 Å². The summed E-state index contributed by atoms with van der Waals surface area (Å²) in [6.45, 7) is 1.49. The molecule has 2 N–H and O–H groups in total. The van der Waals surface area contributed by atoms with Crippen LogP contribution in [0.15, 0.2) is 41.2 Å². The third kappa shape index (κ3) is 3.00. The first kappa shape index (κ1) is 17.1. The lowest BCUT2D eigenvalue weighted by molar-refractivity contribution is 0.153. The second kappa shape index (κ2) is 6.29. The van der Waals surface area contributed by atoms with E-state index in [1.807, 2.05) is 0 Å². The molecule has 4 nitrogen and oxygen atoms in total. The number of fused-ring (bicyclic) bond motifs is 1. The Bertz CT molecular complexity index is 994. The van der Waals surface area contributed by atoms with Gasteiger partial charge in [0.05, 0.1) is 22.6 Å². The van der Waals surface area contributed by atoms with Gasteiger partial charge in [0.1, 0.15) is 17.5 Å². The molecule has 130 valence electrons. The second-order valence-corrected chi connectivity index (χ2v) is 5.57. The minimum absolute atomic E-state index is 0.0735. The molecule has 0 amide bonds. The zero-order valence-electron chi connectivity index (χ0n) is 13.0. The number of benzene rings is 2. The molecule has 25 heavy (non-hydrogen) atoms. The predicted octanol–water partition coefficient (Wildman–Crippen LogP) is 3.62. The van der Waals surface area contributed by atoms with E-state index < -0.39 is 35.2 Å². The van der Waals surface area contributed by atoms with E-state index in [2.05, 4.69) is 4.98 Å². The Labute approximate surface area is 139 Å². The molecule has 0 bridgehead atoms. The van der Waals surface area contributed by atoms with Crippen molar-refractivity contribution in [1.29, 1.82) is 0 Å². The molecular weight excluding hydrogens is 338 g/mol. The summed E-state index contributed by atoms with van der Waals surface area (Å²) in [5.41, 5.74) is 4.38. The highest BCUT2D eigenvalue weighted by Gasteiger charge is 2.20. The van der Waals surface area contributed by atoms with Gasteiger partial charge in [-0.05, 0) is 25.1 Å². The lowest BCUT2D eigenvalue weighted by Crippen LogP contribution is -2.28. The number of alkyl halides is 2. The Hall–Kier alpha value is -2.74. The van der Waals surface area contributed by atoms with Crippen LogP contribution in [0, 0.1) is 11.6 Å². The fourth-order valence-electron chi connectivity index (χ4n) is 2.65. The van der Waals surface area contributed by atoms with Crippen molar-refractivity contribution in [3.8, 4) is 5.69 Å². The highest BCUT2D eigenvalue weighted by Crippen LogP contribution is 2.26. The number of halogens is 4. The maximum atomic E-state index is 13.6. The Morgan fingerprint density at radius 1 is 1.12 bits per heavy atom. The van der Waals surface area contributed by atoms with Crippen LogP contribution in [0.1, 0.15) is 30.8 Å². The molecule has 0 saturated carbocycles. The molecule has 3 aromatic rings. The van der Waals surface area contributed by atoms with Gasteiger partial charge in [-0.25, -0.2) is 22.5 Å². The average molecular weight is 351 g/mol. The second-order valence-electron chi connectivity index (χ2n) is 5.57. The first-order valence-corrected chi connectivity index (χ1v) is 7.35. The van der Waals surface area contributed by atoms with Gasteiger partial charge in [-0.1, -0.05) is 12.1 Å². The van der Waals surface area contributed by atoms with Crippen molar-refractivity contribution < 1.29 is 17.6 Å². The molecule has 1 atom stereocenters. The van der Waals surface area contributed by atoms with Crippen LogP contribution in [0.25, 0.3) is 16.6 Å². The van der Waals surface area contributed by atoms with E-state index in [-0.39, 0.29) is 22.4 Å². The summed E-state index contributed by atoms with van der Waals surface area (Å²) < 4.78 is 54.5. The Morgan fingerprint density at radius 2 is 1.76 bits per heavy atom. The maximum absolute atomic E-state index is 13.6. The minimum Gasteiger partial charge on any atom is -0.322 e. The summed E-state index contributed by atoms with van der Waals surface area (Å²) in [7, 11) is 0. The van der Waals surface area contributed by atoms with Crippen LogP contribution in [0.4, 0.5) is 17.6 Å². The van der Waals surface area contributed by atoms with Gasteiger partial charge in [0.15, 0.2) is 0 Å². The SMILES string of the molecule is C[C@H](N)c1nc2c(C(F)F)cccc2c(=O)n1-c1cc(F)cc(F)c1. The maximum Gasteiger partial charge on any atom is 0.266 e. The number of hydrogen-bond donors (Lipinski definition) is 1. The number of hydrogen-bond acceptors (Lipinski definition) is 3. The van der Waals surface area contributed by atoms with E-state index in [0.29, 0.717) is 6.07 Å². The van der Waals surface area contributed by atoms with Crippen molar-refractivity contribution in [2.75, 3.05) is 0 Å². The third-order valence-electron chi connectivity index (χ3n) is 3.70. The largest absolute Gasteiger partial charge is 0.322 e. The first-order valence-electron chi connectivity index (χ1n) is 7.35. The van der Waals surface area contributed by atoms with Crippen molar-refractivity contribution in [2.45, 2.75) is 19.4 Å². The summed E-state index contributed by atoms with van der Waals surface area (Å²) >= 11 is 0. The molecule has 0 aliphatic carbocycles. The number of nitrogens with two attached hydrogens (primary N) is 1. The summed E-state index contributed by atoms with van der Waals surface area (Å²) in [4.78, 5) is 16.9. The van der Waals surface area contributed by atoms with Gasteiger partial charge < -0.3 is 5.73 Å². The molecular formula is C17H13F4N3O. The topological polar surface area (TPSA) is 60.9 Å². The minimum atomic E-state index is -2.83. The fraction of sp³-hybridized carbons (Fsp3) is 0.176. The quantitative estimate of drug-likeness (QED) is 0.733. The predicted molar refractivity (Wildman–Crippen MR) is 84.8 cm³/mol. The number of para-hydroxylation sites is 1. The Kier molecular flexibility index (Phi) is 4.30. The highest BCUT2D eigenvalue weighted by molar-refractivity contribution is 5.81. The van der Waals surface area contributed by atoms with Gasteiger partial charge in [-0.3, -0.25) is 9.36 Å². The standard InChI is InChI=1S/C17H13F4N3O/c1-8(22)16-23-14-12(15(20)21)3-2-4-13(14)17(25)24(16)11-6-9(18)5-10(19)7-11/h2-8,15H,22H2,1H3/t8-/m0/s1. The molecule has 3 rings (SSSR count). The Balaban J connectivity index is 2.45. The van der Waals surface area contributed by atoms with Crippen molar-refractivity contribution in [3.63, 3.8) is 0 Å². The van der Waals surface area contributed by atoms with E-state index in [1.165, 1.54) is 19.1 Å². The van der Waals surface area contributed by atoms with Gasteiger partial charge in [0, 0.05) is 11.6 Å². The summed E-state index contributed by atoms with van der Waals surface area (Å²) in [6.07, 6.45) is -2.83. The van der Waals surface area contributed by atoms with Crippen LogP contribution < -0.4 is 11.3 Å². The Morgan fingerprint density at radius 3 is 2.32 bits per heavy atom. The van der Waals surface area contributed by atoms with Crippen LogP contribution in [-0.2, 0) is 0 Å². The number of rotatable bonds is 3. The molecule has 0 aliphatic heterocycles. The summed E-state index contributed by atoms with van der Waals surface area (Å²) in [5.74, 6) is -1.85. The van der Waals surface area contributed by atoms with E-state index in [1.54, 1.807) is 0 Å². The van der Waals surface area contributed by atoms with Crippen LogP contribution >= 0.6 is 0 Å². The zero-order valence-corrected chi connectivity index (χ0v) is 13.0. The number of aromatic nitrogens is 2. The van der Waals surface area contributed by atoms with Gasteiger partial charge in [-0.2, -0.15) is 0 Å². The van der Waals surface area contributed by atoms with Crippen molar-refractivity contribution in [1.82, 2.24) is 9.55 Å². The molecule has 2 aromatic carbocycles. The summed E-state index contributed by atoms with van der Waals surface area (Å²) in [5, 5.41) is -0.0909. The molecule has 0 saturated heterocycles. The molecule has 0 unspecified atom stereocenters. The van der Waals surface area contributed by atoms with E-state index in [0.717, 1.165) is 22.8 Å². The van der Waals surface area contributed by atoms with Crippen LogP contribution in [-0.4, -0.2) is 9.55 Å². The molecule has 1 heterocycles. The third-order valence-corrected chi connectivity index (χ3v) is 3.70. The van der Waals surface area contributed by atoms with Crippen molar-refractivity contribution in [3.05, 3.63) is 69.8 Å². The van der Waals surface area contributed by atoms with Gasteiger partial charge >= 0.3 is 0 Å². The van der Waals surface area contributed by atoms with Crippen LogP contribution in [0.2, 0.25) is 0 Å². The van der Waals surface area contributed by atoms with Crippen LogP contribution in [0.5, 0.6) is 0 Å². The average Bonchev–Trinajstić information content (AvgIpc) is 2.52. The lowest BCUT2D eigenvalue weighted by Gasteiger charge is -2.17. The van der Waals surface area contributed by atoms with Crippen LogP contribution in [0.3, 0.4) is 0 Å². The smallest absolute Gasteiger partial charge is 0.266 e. The van der Waals surface area contributed by atoms with E-state index in [4.69, 9.17) is 5.73 Å². The molecule has 0 aliphatic rings. The van der Waals surface area contributed by atoms with Crippen molar-refractivity contribution in [2.24, 2.45) is 5.73 Å². The fourth-order valence-corrected chi connectivity index (χ4v) is 2.65. The lowest BCUT2D eigenvalue weighted by atomic mass is 10.1. The van der Waals surface area contributed by atoms with Gasteiger partial charge in [-0.15, -0.1) is 0 Å². The monoisotopic (exact) mass is 351 g/mol. The molecule has 8 heteroatoms. The van der Waals surface area contributed by atoms with Gasteiger partial charge in [0.2, 0.25) is 0 Å². The van der Waals surface area contributed by atoms with Crippen molar-refractivity contribution >= 4 is 10.9 Å². The highest BCUT2D eigenvalue weighted by atomic mass is 19.3. The summed E-state index contributed by atoms with van der Waals surface area (Å²) in [6, 6.07) is 5.50. The molecule has 0 spiro atoms.